The van der Waals surface area contributed by atoms with Gasteiger partial charge in [-0.05, 0) is 33.1 Å². The molecule has 0 amide bonds. The lowest BCUT2D eigenvalue weighted by Gasteiger charge is -2.31. The summed E-state index contributed by atoms with van der Waals surface area (Å²) in [5.74, 6) is -2.26. The van der Waals surface area contributed by atoms with Gasteiger partial charge in [-0.15, -0.1) is 0 Å². The summed E-state index contributed by atoms with van der Waals surface area (Å²) < 4.78 is 16.8. The van der Waals surface area contributed by atoms with Crippen molar-refractivity contribution in [3.63, 3.8) is 0 Å². The monoisotopic (exact) mass is 378 g/mol. The fourth-order valence-electron chi connectivity index (χ4n) is 3.86. The van der Waals surface area contributed by atoms with Crippen LogP contribution in [0.2, 0.25) is 0 Å². The minimum Gasteiger partial charge on any atom is -0.458 e. The number of aliphatic hydroxyl groups is 1. The van der Waals surface area contributed by atoms with Crippen LogP contribution in [-0.2, 0) is 28.6 Å². The molecule has 0 radical (unpaired) electrons. The number of ether oxygens (including phenoxy) is 3. The van der Waals surface area contributed by atoms with E-state index in [1.165, 1.54) is 0 Å². The molecule has 2 aliphatic heterocycles. The first kappa shape index (κ1) is 19.8. The minimum atomic E-state index is -1.11. The Morgan fingerprint density at radius 3 is 2.70 bits per heavy atom. The molecule has 3 aliphatic rings. The van der Waals surface area contributed by atoms with E-state index in [-0.39, 0.29) is 30.1 Å². The predicted octanol–water partition coefficient (Wildman–Crippen LogP) is 1.48. The molecule has 7 heteroatoms. The van der Waals surface area contributed by atoms with Crippen molar-refractivity contribution in [1.82, 2.24) is 0 Å². The highest BCUT2D eigenvalue weighted by molar-refractivity contribution is 5.94. The van der Waals surface area contributed by atoms with Gasteiger partial charge in [0.2, 0.25) is 0 Å². The first-order valence-corrected chi connectivity index (χ1v) is 9.23. The molecule has 1 saturated carbocycles. The molecule has 3 rings (SSSR count). The highest BCUT2D eigenvalue weighted by Gasteiger charge is 2.67. The third kappa shape index (κ3) is 3.34. The van der Waals surface area contributed by atoms with Gasteiger partial charge in [-0.2, -0.15) is 0 Å². The number of aliphatic hydroxyl groups excluding tert-OH is 1. The zero-order valence-corrected chi connectivity index (χ0v) is 16.1. The van der Waals surface area contributed by atoms with Gasteiger partial charge in [0.15, 0.2) is 11.4 Å². The zero-order chi connectivity index (χ0) is 20.1. The molecule has 2 saturated heterocycles. The van der Waals surface area contributed by atoms with Crippen molar-refractivity contribution in [1.29, 1.82) is 0 Å². The summed E-state index contributed by atoms with van der Waals surface area (Å²) in [7, 11) is 0. The second kappa shape index (κ2) is 6.87. The van der Waals surface area contributed by atoms with E-state index in [0.29, 0.717) is 5.57 Å². The maximum atomic E-state index is 12.5. The number of ketones is 1. The van der Waals surface area contributed by atoms with Crippen LogP contribution in [0.4, 0.5) is 0 Å². The zero-order valence-electron chi connectivity index (χ0n) is 16.1. The van der Waals surface area contributed by atoms with Crippen LogP contribution in [0.5, 0.6) is 0 Å². The highest BCUT2D eigenvalue weighted by atomic mass is 16.7. The van der Waals surface area contributed by atoms with Crippen molar-refractivity contribution in [2.45, 2.75) is 70.6 Å². The summed E-state index contributed by atoms with van der Waals surface area (Å²) in [6, 6.07) is 0. The number of hydrogen-bond donors (Lipinski definition) is 1. The molecule has 148 valence electrons. The van der Waals surface area contributed by atoms with Gasteiger partial charge in [-0.1, -0.05) is 19.6 Å². The van der Waals surface area contributed by atoms with Crippen LogP contribution >= 0.6 is 0 Å². The number of carbonyl (C=O) groups excluding carboxylic acids is 3. The summed E-state index contributed by atoms with van der Waals surface area (Å²) in [4.78, 5) is 37.1. The molecule has 0 bridgehead atoms. The molecular formula is C20H26O7. The normalized spacial score (nSPS) is 42.1. The summed E-state index contributed by atoms with van der Waals surface area (Å²) in [6.07, 6.45) is -1.14. The lowest BCUT2D eigenvalue weighted by molar-refractivity contribution is -0.151. The van der Waals surface area contributed by atoms with Crippen molar-refractivity contribution in [2.24, 2.45) is 11.8 Å². The SMILES string of the molecule is C=C1C(=O)O[C@H]2[C@H]1[C@H](OC(=O)/C(C)=C/C)C[C@H](C)[C@H](O)CC(=O)[C@@]1(C)O[C@H]21. The summed E-state index contributed by atoms with van der Waals surface area (Å²) in [6.45, 7) is 10.6. The maximum Gasteiger partial charge on any atom is 0.334 e. The molecule has 7 atom stereocenters. The van der Waals surface area contributed by atoms with E-state index in [1.807, 2.05) is 0 Å². The van der Waals surface area contributed by atoms with Crippen molar-refractivity contribution in [3.8, 4) is 0 Å². The number of esters is 2. The number of rotatable bonds is 2. The maximum absolute atomic E-state index is 12.5. The second-order valence-electron chi connectivity index (χ2n) is 7.89. The smallest absolute Gasteiger partial charge is 0.334 e. The first-order valence-electron chi connectivity index (χ1n) is 9.23. The number of carbonyl (C=O) groups is 3. The Hall–Kier alpha value is -1.99. The van der Waals surface area contributed by atoms with E-state index in [4.69, 9.17) is 14.2 Å². The molecule has 2 heterocycles. The summed E-state index contributed by atoms with van der Waals surface area (Å²) in [5, 5.41) is 10.4. The van der Waals surface area contributed by atoms with Crippen molar-refractivity contribution < 1.29 is 33.7 Å². The van der Waals surface area contributed by atoms with Crippen LogP contribution < -0.4 is 0 Å². The Labute approximate surface area is 158 Å². The van der Waals surface area contributed by atoms with Crippen LogP contribution in [0.15, 0.2) is 23.8 Å². The average molecular weight is 378 g/mol. The van der Waals surface area contributed by atoms with Gasteiger partial charge in [0.25, 0.3) is 0 Å². The third-order valence-electron chi connectivity index (χ3n) is 6.04. The van der Waals surface area contributed by atoms with Gasteiger partial charge < -0.3 is 19.3 Å². The molecule has 0 aromatic carbocycles. The summed E-state index contributed by atoms with van der Waals surface area (Å²) >= 11 is 0. The summed E-state index contributed by atoms with van der Waals surface area (Å²) in [5.41, 5.74) is -0.474. The van der Waals surface area contributed by atoms with E-state index in [9.17, 15) is 19.5 Å². The lowest BCUT2D eigenvalue weighted by atomic mass is 9.78. The Morgan fingerprint density at radius 2 is 2.07 bits per heavy atom. The number of hydrogen-bond acceptors (Lipinski definition) is 7. The van der Waals surface area contributed by atoms with E-state index in [0.717, 1.165) is 0 Å². The Bertz CT molecular complexity index is 724. The minimum absolute atomic E-state index is 0.0605. The number of allylic oxidation sites excluding steroid dienone is 1. The van der Waals surface area contributed by atoms with Crippen LogP contribution in [-0.4, -0.2) is 52.8 Å². The Balaban J connectivity index is 1.97. The first-order chi connectivity index (χ1) is 12.6. The molecule has 0 unspecified atom stereocenters. The standard InChI is InChI=1S/C20H26O7/c1-6-9(2)18(23)25-13-7-10(3)12(21)8-14(22)20(5)17(27-20)16-15(13)11(4)19(24)26-16/h6,10,12-13,15-17,21H,4,7-8H2,1-3,5H3/b9-6+/t10-,12+,13+,15+,16-,17+,20+/m0/s1. The van der Waals surface area contributed by atoms with Crippen LogP contribution in [0.3, 0.4) is 0 Å². The number of fused-ring (bicyclic) bond motifs is 3. The Kier molecular flexibility index (Phi) is 5.03. The molecular weight excluding hydrogens is 352 g/mol. The van der Waals surface area contributed by atoms with Crippen molar-refractivity contribution in [2.75, 3.05) is 0 Å². The fraction of sp³-hybridized carbons (Fsp3) is 0.650. The van der Waals surface area contributed by atoms with Gasteiger partial charge >= 0.3 is 11.9 Å². The quantitative estimate of drug-likeness (QED) is 0.441. The molecule has 27 heavy (non-hydrogen) atoms. The van der Waals surface area contributed by atoms with E-state index >= 15 is 0 Å². The van der Waals surface area contributed by atoms with Crippen molar-refractivity contribution in [3.05, 3.63) is 23.8 Å². The van der Waals surface area contributed by atoms with Gasteiger partial charge in [-0.25, -0.2) is 9.59 Å². The topological polar surface area (TPSA) is 102 Å². The molecule has 7 nitrogen and oxygen atoms in total. The second-order valence-corrected chi connectivity index (χ2v) is 7.89. The van der Waals surface area contributed by atoms with Gasteiger partial charge in [0, 0.05) is 17.6 Å². The number of Topliss-reactive ketones (excluding diaryl/α,β-unsaturated/α-hetero) is 1. The average Bonchev–Trinajstić information content (AvgIpc) is 3.23. The molecule has 0 aromatic heterocycles. The van der Waals surface area contributed by atoms with Crippen LogP contribution in [0.25, 0.3) is 0 Å². The predicted molar refractivity (Wildman–Crippen MR) is 94.5 cm³/mol. The molecule has 1 aliphatic carbocycles. The van der Waals surface area contributed by atoms with Crippen LogP contribution in [0.1, 0.15) is 40.5 Å². The fourth-order valence-corrected chi connectivity index (χ4v) is 3.86. The van der Waals surface area contributed by atoms with Gasteiger partial charge in [0.05, 0.1) is 12.0 Å². The Morgan fingerprint density at radius 1 is 1.41 bits per heavy atom. The lowest BCUT2D eigenvalue weighted by Crippen LogP contribution is -2.43. The van der Waals surface area contributed by atoms with Crippen LogP contribution in [0, 0.1) is 11.8 Å². The molecule has 0 spiro atoms. The number of epoxide rings is 1. The highest BCUT2D eigenvalue weighted by Crippen LogP contribution is 2.49. The van der Waals surface area contributed by atoms with E-state index in [1.54, 1.807) is 33.8 Å². The van der Waals surface area contributed by atoms with Crippen molar-refractivity contribution >= 4 is 17.7 Å². The van der Waals surface area contributed by atoms with Gasteiger partial charge in [0.1, 0.15) is 18.3 Å². The largest absolute Gasteiger partial charge is 0.458 e. The van der Waals surface area contributed by atoms with Gasteiger partial charge in [-0.3, -0.25) is 4.79 Å². The van der Waals surface area contributed by atoms with E-state index < -0.39 is 47.9 Å². The van der Waals surface area contributed by atoms with E-state index in [2.05, 4.69) is 6.58 Å². The molecule has 1 N–H and O–H groups in total. The molecule has 0 aromatic rings. The third-order valence-corrected chi connectivity index (χ3v) is 6.04. The molecule has 3 fully saturated rings.